The van der Waals surface area contributed by atoms with E-state index in [9.17, 15) is 19.5 Å². The Labute approximate surface area is 285 Å². The minimum absolute atomic E-state index is 0.0125. The van der Waals surface area contributed by atoms with Crippen molar-refractivity contribution in [2.24, 2.45) is 0 Å². The van der Waals surface area contributed by atoms with Crippen molar-refractivity contribution in [1.82, 2.24) is 20.5 Å². The number of hydrogen-bond donors (Lipinski definition) is 5. The van der Waals surface area contributed by atoms with Gasteiger partial charge in [-0.15, -0.1) is 0 Å². The number of para-hydroxylation sites is 2. The van der Waals surface area contributed by atoms with E-state index in [0.717, 1.165) is 32.5 Å². The average molecular weight is 660 g/mol. The largest absolute Gasteiger partial charge is 0.465 e. The highest BCUT2D eigenvalue weighted by atomic mass is 16.5. The minimum atomic E-state index is -1.19. The lowest BCUT2D eigenvalue weighted by Gasteiger charge is -2.33. The first kappa shape index (κ1) is 33.5. The third-order valence-electron chi connectivity index (χ3n) is 9.08. The van der Waals surface area contributed by atoms with E-state index in [-0.39, 0.29) is 18.1 Å². The van der Waals surface area contributed by atoms with Gasteiger partial charge >= 0.3 is 6.09 Å². The molecule has 3 amide bonds. The molecule has 1 aliphatic rings. The highest BCUT2D eigenvalue weighted by Gasteiger charge is 2.37. The van der Waals surface area contributed by atoms with Crippen LogP contribution in [0.1, 0.15) is 39.5 Å². The summed E-state index contributed by atoms with van der Waals surface area (Å²) in [5.74, 6) is -1.10. The molecule has 3 atom stereocenters. The van der Waals surface area contributed by atoms with Crippen LogP contribution in [0.25, 0.3) is 10.9 Å². The number of aromatic amines is 1. The fourth-order valence-electron chi connectivity index (χ4n) is 6.42. The van der Waals surface area contributed by atoms with E-state index in [2.05, 4.69) is 20.9 Å². The number of nitrogens with zero attached hydrogens (tertiary/aromatic N) is 1. The van der Waals surface area contributed by atoms with Gasteiger partial charge in [-0.05, 0) is 47.7 Å². The van der Waals surface area contributed by atoms with Gasteiger partial charge in [0.1, 0.15) is 11.7 Å². The molecule has 1 aliphatic heterocycles. The van der Waals surface area contributed by atoms with E-state index >= 15 is 0 Å². The molecule has 10 heteroatoms. The van der Waals surface area contributed by atoms with Gasteiger partial charge in [0, 0.05) is 48.7 Å². The van der Waals surface area contributed by atoms with Crippen molar-refractivity contribution in [1.29, 1.82) is 0 Å². The summed E-state index contributed by atoms with van der Waals surface area (Å²) < 4.78 is 6.16. The fourth-order valence-corrected chi connectivity index (χ4v) is 6.42. The summed E-state index contributed by atoms with van der Waals surface area (Å²) in [6.07, 6.45) is 0.118. The van der Waals surface area contributed by atoms with Gasteiger partial charge in [-0.25, -0.2) is 4.79 Å². The Bertz CT molecular complexity index is 1800. The summed E-state index contributed by atoms with van der Waals surface area (Å²) in [7, 11) is 1.44. The average Bonchev–Trinajstić information content (AvgIpc) is 3.58. The van der Waals surface area contributed by atoms with Crippen molar-refractivity contribution in [3.8, 4) is 0 Å². The number of ether oxygens (including phenoxy) is 1. The summed E-state index contributed by atoms with van der Waals surface area (Å²) in [6.45, 7) is 1.52. The minimum Gasteiger partial charge on any atom is -0.465 e. The summed E-state index contributed by atoms with van der Waals surface area (Å²) >= 11 is 0. The number of fused-ring (bicyclic) bond motifs is 1. The van der Waals surface area contributed by atoms with Crippen LogP contribution in [0.15, 0.2) is 115 Å². The molecule has 4 aromatic carbocycles. The molecule has 49 heavy (non-hydrogen) atoms. The maximum absolute atomic E-state index is 14.1. The molecule has 1 aromatic heterocycles. The van der Waals surface area contributed by atoms with Crippen LogP contribution in [-0.2, 0) is 16.0 Å². The molecule has 0 spiro atoms. The van der Waals surface area contributed by atoms with Crippen LogP contribution in [0, 0.1) is 0 Å². The molecule has 10 nitrogen and oxygen atoms in total. The molecule has 5 N–H and O–H groups in total. The van der Waals surface area contributed by atoms with Crippen LogP contribution >= 0.6 is 0 Å². The Morgan fingerprint density at radius 3 is 2.20 bits per heavy atom. The normalized spacial score (nSPS) is 16.6. The molecule has 1 saturated heterocycles. The first-order valence-corrected chi connectivity index (χ1v) is 16.5. The lowest BCUT2D eigenvalue weighted by molar-refractivity contribution is -0.120. The van der Waals surface area contributed by atoms with Crippen molar-refractivity contribution in [2.75, 3.05) is 32.1 Å². The van der Waals surface area contributed by atoms with Crippen molar-refractivity contribution in [3.05, 3.63) is 138 Å². The SMILES string of the molecule is CN(C(=O)O)[C@H](C(=O)Nc1ccccc1CC[C@@H]1CN[C@H](CNC(=O)c2cc3ccccc3[nH]2)CO1)C(c1ccccc1)c1ccccc1. The molecular formula is C39H41N5O5. The van der Waals surface area contributed by atoms with Crippen LogP contribution in [-0.4, -0.2) is 77.8 Å². The van der Waals surface area contributed by atoms with Crippen LogP contribution in [0.4, 0.5) is 10.5 Å². The van der Waals surface area contributed by atoms with Gasteiger partial charge in [0.25, 0.3) is 5.91 Å². The Morgan fingerprint density at radius 1 is 0.898 bits per heavy atom. The number of H-pyrrole nitrogens is 1. The molecule has 2 heterocycles. The molecule has 5 aromatic rings. The number of aryl methyl sites for hydroxylation is 1. The smallest absolute Gasteiger partial charge is 0.407 e. The Morgan fingerprint density at radius 2 is 1.55 bits per heavy atom. The first-order valence-electron chi connectivity index (χ1n) is 16.5. The highest BCUT2D eigenvalue weighted by molar-refractivity contribution is 5.99. The predicted octanol–water partition coefficient (Wildman–Crippen LogP) is 5.64. The van der Waals surface area contributed by atoms with Crippen LogP contribution in [0.2, 0.25) is 0 Å². The topological polar surface area (TPSA) is 136 Å². The van der Waals surface area contributed by atoms with E-state index in [0.29, 0.717) is 43.9 Å². The monoisotopic (exact) mass is 659 g/mol. The number of carbonyl (C=O) groups excluding carboxylic acids is 2. The van der Waals surface area contributed by atoms with Gasteiger partial charge in [-0.1, -0.05) is 97.1 Å². The Hall–Kier alpha value is -5.45. The number of morpholine rings is 1. The lowest BCUT2D eigenvalue weighted by atomic mass is 9.84. The van der Waals surface area contributed by atoms with Gasteiger partial charge in [0.2, 0.25) is 5.91 Å². The molecule has 0 saturated carbocycles. The van der Waals surface area contributed by atoms with E-state index in [1.807, 2.05) is 115 Å². The number of carboxylic acid groups (broad SMARTS) is 1. The van der Waals surface area contributed by atoms with E-state index in [4.69, 9.17) is 4.74 Å². The van der Waals surface area contributed by atoms with Gasteiger partial charge in [0.15, 0.2) is 0 Å². The molecule has 0 unspecified atom stereocenters. The van der Waals surface area contributed by atoms with Gasteiger partial charge in [-0.3, -0.25) is 14.5 Å². The number of benzene rings is 4. The number of nitrogens with one attached hydrogen (secondary N) is 4. The highest BCUT2D eigenvalue weighted by Crippen LogP contribution is 2.32. The lowest BCUT2D eigenvalue weighted by Crippen LogP contribution is -2.51. The molecule has 252 valence electrons. The second-order valence-corrected chi connectivity index (χ2v) is 12.4. The van der Waals surface area contributed by atoms with E-state index in [1.165, 1.54) is 7.05 Å². The number of amides is 3. The third-order valence-corrected chi connectivity index (χ3v) is 9.08. The van der Waals surface area contributed by atoms with Crippen LogP contribution in [0.5, 0.6) is 0 Å². The second-order valence-electron chi connectivity index (χ2n) is 12.4. The second kappa shape index (κ2) is 15.6. The van der Waals surface area contributed by atoms with Crippen LogP contribution < -0.4 is 16.0 Å². The molecule has 0 aliphatic carbocycles. The predicted molar refractivity (Wildman–Crippen MR) is 190 cm³/mol. The molecular weight excluding hydrogens is 618 g/mol. The zero-order chi connectivity index (χ0) is 34.2. The van der Waals surface area contributed by atoms with Crippen molar-refractivity contribution in [3.63, 3.8) is 0 Å². The van der Waals surface area contributed by atoms with Crippen molar-refractivity contribution in [2.45, 2.75) is 36.9 Å². The van der Waals surface area contributed by atoms with Crippen LogP contribution in [0.3, 0.4) is 0 Å². The molecule has 1 fully saturated rings. The van der Waals surface area contributed by atoms with E-state index < -0.39 is 24.0 Å². The van der Waals surface area contributed by atoms with E-state index in [1.54, 1.807) is 0 Å². The van der Waals surface area contributed by atoms with Gasteiger partial charge in [0.05, 0.1) is 12.7 Å². The summed E-state index contributed by atoms with van der Waals surface area (Å²) in [5.41, 5.74) is 4.70. The van der Waals surface area contributed by atoms with Gasteiger partial charge < -0.3 is 30.8 Å². The Kier molecular flexibility index (Phi) is 10.7. The fraction of sp³-hybridized carbons (Fsp3) is 0.256. The number of likely N-dealkylation sites (N-methyl/N-ethyl adjacent to an activating group) is 1. The number of aromatic nitrogens is 1. The number of rotatable bonds is 12. The number of anilines is 1. The number of hydrogen-bond acceptors (Lipinski definition) is 5. The quantitative estimate of drug-likeness (QED) is 0.118. The summed E-state index contributed by atoms with van der Waals surface area (Å²) in [6, 6.07) is 35.2. The maximum Gasteiger partial charge on any atom is 0.407 e. The Balaban J connectivity index is 1.07. The van der Waals surface area contributed by atoms with Gasteiger partial charge in [-0.2, -0.15) is 0 Å². The summed E-state index contributed by atoms with van der Waals surface area (Å²) in [5, 5.41) is 20.6. The number of carbonyl (C=O) groups is 3. The van der Waals surface area contributed by atoms with Crippen molar-refractivity contribution < 1.29 is 24.2 Å². The van der Waals surface area contributed by atoms with Crippen molar-refractivity contribution >= 4 is 34.5 Å². The zero-order valence-electron chi connectivity index (χ0n) is 27.3. The third kappa shape index (κ3) is 8.17. The maximum atomic E-state index is 14.1. The molecule has 0 bridgehead atoms. The molecule has 6 rings (SSSR count). The first-order chi connectivity index (χ1) is 23.9. The molecule has 0 radical (unpaired) electrons. The zero-order valence-corrected chi connectivity index (χ0v) is 27.3. The summed E-state index contributed by atoms with van der Waals surface area (Å²) in [4.78, 5) is 43.4. The standard InChI is InChI=1S/C39H41N5O5/c1-44(39(47)48)36(35(27-13-4-2-5-14-27)28-15-6-3-7-16-28)38(46)43-32-18-10-8-12-26(32)20-21-31-24-40-30(25-49-31)23-41-37(45)34-22-29-17-9-11-19-33(29)42-34/h2-19,22,30-31,35-36,40,42H,20-21,23-25H2,1H3,(H,41,45)(H,43,46)(H,47,48)/t30-,31-,36+/m1/s1.